The van der Waals surface area contributed by atoms with E-state index < -0.39 is 16.0 Å². The number of esters is 1. The van der Waals surface area contributed by atoms with Crippen LogP contribution in [0.1, 0.15) is 13.8 Å². The van der Waals surface area contributed by atoms with E-state index in [2.05, 4.69) is 0 Å². The van der Waals surface area contributed by atoms with Crippen molar-refractivity contribution in [3.05, 3.63) is 24.3 Å². The van der Waals surface area contributed by atoms with E-state index >= 15 is 0 Å². The molecule has 28 heavy (non-hydrogen) atoms. The van der Waals surface area contributed by atoms with Crippen molar-refractivity contribution in [2.24, 2.45) is 0 Å². The molecule has 1 aromatic rings. The molecule has 10 heteroatoms. The number of benzene rings is 1. The molecule has 1 fully saturated rings. The zero-order valence-electron chi connectivity index (χ0n) is 16.1. The number of nitrogens with zero attached hydrogens (tertiary/aromatic N) is 2. The van der Waals surface area contributed by atoms with Gasteiger partial charge in [0.05, 0.1) is 11.5 Å². The first kappa shape index (κ1) is 22.1. The number of hydrogen-bond donors (Lipinski definition) is 0. The lowest BCUT2D eigenvalue weighted by molar-refractivity contribution is -0.156. The smallest absolute Gasteiger partial charge is 0.332 e. The van der Waals surface area contributed by atoms with E-state index in [0.29, 0.717) is 19.0 Å². The van der Waals surface area contributed by atoms with E-state index in [4.69, 9.17) is 14.2 Å². The molecule has 1 amide bonds. The van der Waals surface area contributed by atoms with Crippen molar-refractivity contribution < 1.29 is 32.2 Å². The van der Waals surface area contributed by atoms with E-state index in [1.807, 2.05) is 6.92 Å². The lowest BCUT2D eigenvalue weighted by Crippen LogP contribution is -2.51. The fraction of sp³-hybridized carbons (Fsp3) is 0.556. The summed E-state index contributed by atoms with van der Waals surface area (Å²) in [7, 11) is -3.64. The average molecular weight is 414 g/mol. The van der Waals surface area contributed by atoms with Crippen LogP contribution in [0.25, 0.3) is 0 Å². The first-order chi connectivity index (χ1) is 13.4. The fourth-order valence-electron chi connectivity index (χ4n) is 2.66. The number of amides is 1. The maximum absolute atomic E-state index is 12.7. The van der Waals surface area contributed by atoms with Gasteiger partial charge in [-0.3, -0.25) is 4.79 Å². The second-order valence-corrected chi connectivity index (χ2v) is 7.93. The average Bonchev–Trinajstić information content (AvgIpc) is 2.71. The highest BCUT2D eigenvalue weighted by molar-refractivity contribution is 7.89. The Kier molecular flexibility index (Phi) is 8.21. The minimum Gasteiger partial charge on any atom is -0.494 e. The molecule has 2 rings (SSSR count). The second-order valence-electron chi connectivity index (χ2n) is 5.99. The molecular formula is C18H26N2O7S. The third kappa shape index (κ3) is 5.91. The molecule has 9 nitrogen and oxygen atoms in total. The SMILES string of the molecule is CCOCC(=O)OCC(=O)N1CCN(S(=O)(=O)c2ccc(OCC)cc2)CC1. The number of rotatable bonds is 9. The van der Waals surface area contributed by atoms with Crippen LogP contribution in [0.15, 0.2) is 29.2 Å². The summed E-state index contributed by atoms with van der Waals surface area (Å²) in [6.45, 7) is 4.73. The lowest BCUT2D eigenvalue weighted by Gasteiger charge is -2.33. The largest absolute Gasteiger partial charge is 0.494 e. The van der Waals surface area contributed by atoms with E-state index in [1.54, 1.807) is 19.1 Å². The summed E-state index contributed by atoms with van der Waals surface area (Å²) in [5.41, 5.74) is 0. The van der Waals surface area contributed by atoms with Crippen LogP contribution in [0.2, 0.25) is 0 Å². The minimum atomic E-state index is -3.64. The van der Waals surface area contributed by atoms with Gasteiger partial charge in [0, 0.05) is 32.8 Å². The molecule has 0 aliphatic carbocycles. The van der Waals surface area contributed by atoms with Crippen molar-refractivity contribution in [3.63, 3.8) is 0 Å². The van der Waals surface area contributed by atoms with Crippen LogP contribution in [0.4, 0.5) is 0 Å². The highest BCUT2D eigenvalue weighted by Gasteiger charge is 2.30. The van der Waals surface area contributed by atoms with Gasteiger partial charge in [0.1, 0.15) is 12.4 Å². The van der Waals surface area contributed by atoms with Gasteiger partial charge in [-0.25, -0.2) is 13.2 Å². The van der Waals surface area contributed by atoms with Crippen molar-refractivity contribution in [1.29, 1.82) is 0 Å². The Morgan fingerprint density at radius 3 is 2.18 bits per heavy atom. The van der Waals surface area contributed by atoms with Gasteiger partial charge in [0.2, 0.25) is 10.0 Å². The molecule has 0 radical (unpaired) electrons. The Bertz CT molecular complexity index is 757. The topological polar surface area (TPSA) is 102 Å². The van der Waals surface area contributed by atoms with Crippen molar-refractivity contribution in [2.45, 2.75) is 18.7 Å². The normalized spacial score (nSPS) is 15.3. The summed E-state index contributed by atoms with van der Waals surface area (Å²) in [5, 5.41) is 0. The van der Waals surface area contributed by atoms with Crippen molar-refractivity contribution in [2.75, 3.05) is 52.6 Å². The molecule has 0 unspecified atom stereocenters. The molecule has 0 atom stereocenters. The van der Waals surface area contributed by atoms with E-state index in [1.165, 1.54) is 21.3 Å². The first-order valence-electron chi connectivity index (χ1n) is 9.12. The third-order valence-corrected chi connectivity index (χ3v) is 6.06. The molecule has 0 aromatic heterocycles. The van der Waals surface area contributed by atoms with Gasteiger partial charge in [-0.1, -0.05) is 0 Å². The maximum Gasteiger partial charge on any atom is 0.332 e. The molecule has 1 aliphatic rings. The van der Waals surface area contributed by atoms with Crippen molar-refractivity contribution >= 4 is 21.9 Å². The molecule has 1 heterocycles. The molecule has 156 valence electrons. The first-order valence-corrected chi connectivity index (χ1v) is 10.6. The van der Waals surface area contributed by atoms with Gasteiger partial charge < -0.3 is 19.1 Å². The zero-order valence-corrected chi connectivity index (χ0v) is 16.9. The number of ether oxygens (including phenoxy) is 3. The van der Waals surface area contributed by atoms with Crippen molar-refractivity contribution in [3.8, 4) is 5.75 Å². The quantitative estimate of drug-likeness (QED) is 0.542. The van der Waals surface area contributed by atoms with Crippen LogP contribution in [-0.4, -0.2) is 82.1 Å². The number of sulfonamides is 1. The molecule has 1 aromatic carbocycles. The summed E-state index contributed by atoms with van der Waals surface area (Å²) in [5.74, 6) is -0.356. The highest BCUT2D eigenvalue weighted by Crippen LogP contribution is 2.21. The van der Waals surface area contributed by atoms with E-state index in [-0.39, 0.29) is 50.2 Å². The van der Waals surface area contributed by atoms with Crippen LogP contribution >= 0.6 is 0 Å². The minimum absolute atomic E-state index is 0.175. The number of hydrogen-bond acceptors (Lipinski definition) is 7. The fourth-order valence-corrected chi connectivity index (χ4v) is 4.08. The van der Waals surface area contributed by atoms with Crippen LogP contribution in [-0.2, 0) is 29.1 Å². The molecule has 1 aliphatic heterocycles. The summed E-state index contributed by atoms with van der Waals surface area (Å²) < 4.78 is 41.9. The Morgan fingerprint density at radius 2 is 1.61 bits per heavy atom. The Hall–Kier alpha value is -2.17. The Morgan fingerprint density at radius 1 is 0.964 bits per heavy atom. The predicted molar refractivity (Wildman–Crippen MR) is 100 cm³/mol. The van der Waals surface area contributed by atoms with Crippen LogP contribution in [0, 0.1) is 0 Å². The van der Waals surface area contributed by atoms with Crippen LogP contribution in [0.5, 0.6) is 5.75 Å². The standard InChI is InChI=1S/C18H26N2O7S/c1-3-25-14-18(22)27-13-17(21)19-9-11-20(12-10-19)28(23,24)16-7-5-15(6-8-16)26-4-2/h5-8H,3-4,9-14H2,1-2H3. The van der Waals surface area contributed by atoms with Gasteiger partial charge >= 0.3 is 5.97 Å². The van der Waals surface area contributed by atoms with E-state index in [9.17, 15) is 18.0 Å². The summed E-state index contributed by atoms with van der Waals surface area (Å²) in [6, 6.07) is 6.25. The molecule has 0 saturated carbocycles. The molecule has 0 bridgehead atoms. The summed E-state index contributed by atoms with van der Waals surface area (Å²) in [6.07, 6.45) is 0. The molecule has 0 spiro atoms. The second kappa shape index (κ2) is 10.4. The van der Waals surface area contributed by atoms with Gasteiger partial charge in [0.25, 0.3) is 5.91 Å². The van der Waals surface area contributed by atoms with Crippen molar-refractivity contribution in [1.82, 2.24) is 9.21 Å². The molecule has 1 saturated heterocycles. The Balaban J connectivity index is 1.86. The summed E-state index contributed by atoms with van der Waals surface area (Å²) >= 11 is 0. The Labute approximate surface area is 165 Å². The highest BCUT2D eigenvalue weighted by atomic mass is 32.2. The monoisotopic (exact) mass is 414 g/mol. The number of carbonyl (C=O) groups is 2. The molecular weight excluding hydrogens is 388 g/mol. The number of carbonyl (C=O) groups excluding carboxylic acids is 2. The summed E-state index contributed by atoms with van der Waals surface area (Å²) in [4.78, 5) is 25.2. The zero-order chi connectivity index (χ0) is 20.6. The number of piperazine rings is 1. The van der Waals surface area contributed by atoms with Crippen LogP contribution < -0.4 is 4.74 Å². The van der Waals surface area contributed by atoms with Gasteiger partial charge in [-0.15, -0.1) is 0 Å². The van der Waals surface area contributed by atoms with Gasteiger partial charge in [-0.2, -0.15) is 4.31 Å². The maximum atomic E-state index is 12.7. The van der Waals surface area contributed by atoms with Gasteiger partial charge in [0.15, 0.2) is 6.61 Å². The third-order valence-electron chi connectivity index (χ3n) is 4.14. The lowest BCUT2D eigenvalue weighted by atomic mass is 10.3. The predicted octanol–water partition coefficient (Wildman–Crippen LogP) is 0.498. The van der Waals surface area contributed by atoms with Gasteiger partial charge in [-0.05, 0) is 38.1 Å². The van der Waals surface area contributed by atoms with Crippen LogP contribution in [0.3, 0.4) is 0 Å². The molecule has 0 N–H and O–H groups in total. The van der Waals surface area contributed by atoms with E-state index in [0.717, 1.165) is 0 Å².